The molecular formula is C11H18O. The lowest BCUT2D eigenvalue weighted by atomic mass is 9.85. The molecule has 1 rings (SSSR count). The summed E-state index contributed by atoms with van der Waals surface area (Å²) in [5.74, 6) is 0. The Kier molecular flexibility index (Phi) is 3.54. The number of hydrogen-bond acceptors (Lipinski definition) is 1. The van der Waals surface area contributed by atoms with Crippen LogP contribution in [0.1, 0.15) is 32.1 Å². The van der Waals surface area contributed by atoms with Gasteiger partial charge in [0.15, 0.2) is 0 Å². The molecule has 1 fully saturated rings. The van der Waals surface area contributed by atoms with Gasteiger partial charge in [-0.15, -0.1) is 13.2 Å². The summed E-state index contributed by atoms with van der Waals surface area (Å²) >= 11 is 0. The average Bonchev–Trinajstić information content (AvgIpc) is 2.16. The number of hydrogen-bond donors (Lipinski definition) is 0. The second-order valence-electron chi connectivity index (χ2n) is 3.43. The molecule has 1 aliphatic carbocycles. The lowest BCUT2D eigenvalue weighted by Crippen LogP contribution is -2.32. The summed E-state index contributed by atoms with van der Waals surface area (Å²) in [6, 6.07) is 0. The Bertz CT molecular complexity index is 154. The summed E-state index contributed by atoms with van der Waals surface area (Å²) in [5.41, 5.74) is -0.0353. The molecule has 1 heteroatoms. The Labute approximate surface area is 75.1 Å². The van der Waals surface area contributed by atoms with E-state index in [2.05, 4.69) is 13.2 Å². The zero-order valence-electron chi connectivity index (χ0n) is 7.72. The normalized spacial score (nSPS) is 21.7. The lowest BCUT2D eigenvalue weighted by Gasteiger charge is -2.34. The van der Waals surface area contributed by atoms with Crippen molar-refractivity contribution in [3.63, 3.8) is 0 Å². The third kappa shape index (κ3) is 2.21. The Morgan fingerprint density at radius 2 is 1.83 bits per heavy atom. The minimum atomic E-state index is -0.0353. The van der Waals surface area contributed by atoms with E-state index in [1.807, 2.05) is 6.08 Å². The molecule has 0 heterocycles. The van der Waals surface area contributed by atoms with Crippen molar-refractivity contribution in [1.29, 1.82) is 0 Å². The van der Waals surface area contributed by atoms with E-state index >= 15 is 0 Å². The van der Waals surface area contributed by atoms with Gasteiger partial charge in [0.1, 0.15) is 0 Å². The van der Waals surface area contributed by atoms with Crippen molar-refractivity contribution in [3.8, 4) is 0 Å². The standard InChI is InChI=1S/C11H18O/c1-3-10-12-11(4-2)8-6-5-7-9-11/h3-4H,1-2,5-10H2. The van der Waals surface area contributed by atoms with Gasteiger partial charge in [-0.05, 0) is 12.8 Å². The smallest absolute Gasteiger partial charge is 0.0864 e. The van der Waals surface area contributed by atoms with Crippen LogP contribution in [0.2, 0.25) is 0 Å². The molecule has 0 atom stereocenters. The first-order valence-corrected chi connectivity index (χ1v) is 4.71. The van der Waals surface area contributed by atoms with E-state index < -0.39 is 0 Å². The van der Waals surface area contributed by atoms with Crippen molar-refractivity contribution in [2.24, 2.45) is 0 Å². The van der Waals surface area contributed by atoms with Gasteiger partial charge < -0.3 is 4.74 Å². The predicted molar refractivity (Wildman–Crippen MR) is 52.2 cm³/mol. The van der Waals surface area contributed by atoms with E-state index in [1.165, 1.54) is 19.3 Å². The van der Waals surface area contributed by atoms with Crippen molar-refractivity contribution in [1.82, 2.24) is 0 Å². The minimum Gasteiger partial charge on any atom is -0.367 e. The van der Waals surface area contributed by atoms with Crippen molar-refractivity contribution in [2.75, 3.05) is 6.61 Å². The summed E-state index contributed by atoms with van der Waals surface area (Å²) in [6.45, 7) is 8.15. The van der Waals surface area contributed by atoms with Gasteiger partial charge in [0.25, 0.3) is 0 Å². The average molecular weight is 166 g/mol. The zero-order valence-corrected chi connectivity index (χ0v) is 7.72. The molecule has 0 aromatic carbocycles. The van der Waals surface area contributed by atoms with Gasteiger partial charge >= 0.3 is 0 Å². The van der Waals surface area contributed by atoms with Gasteiger partial charge in [-0.25, -0.2) is 0 Å². The van der Waals surface area contributed by atoms with Crippen LogP contribution >= 0.6 is 0 Å². The molecule has 0 aliphatic heterocycles. The van der Waals surface area contributed by atoms with Crippen LogP contribution in [-0.4, -0.2) is 12.2 Å². The Balaban J connectivity index is 2.47. The molecule has 0 spiro atoms. The molecule has 12 heavy (non-hydrogen) atoms. The first-order valence-electron chi connectivity index (χ1n) is 4.71. The number of ether oxygens (including phenoxy) is 1. The second kappa shape index (κ2) is 4.46. The van der Waals surface area contributed by atoms with Gasteiger partial charge in [0, 0.05) is 0 Å². The van der Waals surface area contributed by atoms with E-state index in [4.69, 9.17) is 4.74 Å². The highest BCUT2D eigenvalue weighted by Gasteiger charge is 2.28. The van der Waals surface area contributed by atoms with E-state index in [0.29, 0.717) is 6.61 Å². The van der Waals surface area contributed by atoms with Crippen LogP contribution in [0.4, 0.5) is 0 Å². The fourth-order valence-electron chi connectivity index (χ4n) is 1.78. The minimum absolute atomic E-state index is 0.0353. The maximum Gasteiger partial charge on any atom is 0.0864 e. The first-order chi connectivity index (χ1) is 5.83. The Morgan fingerprint density at radius 3 is 2.33 bits per heavy atom. The second-order valence-corrected chi connectivity index (χ2v) is 3.43. The Hall–Kier alpha value is -0.560. The highest BCUT2D eigenvalue weighted by atomic mass is 16.5. The fourth-order valence-corrected chi connectivity index (χ4v) is 1.78. The quantitative estimate of drug-likeness (QED) is 0.583. The van der Waals surface area contributed by atoms with E-state index in [9.17, 15) is 0 Å². The van der Waals surface area contributed by atoms with Crippen LogP contribution in [0.25, 0.3) is 0 Å². The molecule has 0 bridgehead atoms. The third-order valence-electron chi connectivity index (χ3n) is 2.56. The molecule has 0 saturated heterocycles. The van der Waals surface area contributed by atoms with Crippen LogP contribution in [0.3, 0.4) is 0 Å². The molecule has 68 valence electrons. The zero-order chi connectivity index (χ0) is 8.86. The molecular weight excluding hydrogens is 148 g/mol. The largest absolute Gasteiger partial charge is 0.367 e. The predicted octanol–water partition coefficient (Wildman–Crippen LogP) is 3.08. The SMILES string of the molecule is C=CCOC1(C=C)CCCCC1. The molecule has 1 saturated carbocycles. The third-order valence-corrected chi connectivity index (χ3v) is 2.56. The van der Waals surface area contributed by atoms with E-state index in [-0.39, 0.29) is 5.60 Å². The molecule has 1 nitrogen and oxygen atoms in total. The van der Waals surface area contributed by atoms with Crippen molar-refractivity contribution < 1.29 is 4.74 Å². The summed E-state index contributed by atoms with van der Waals surface area (Å²) in [6.07, 6.45) is 9.91. The maximum atomic E-state index is 5.73. The highest BCUT2D eigenvalue weighted by molar-refractivity contribution is 4.99. The molecule has 0 amide bonds. The number of rotatable bonds is 4. The maximum absolute atomic E-state index is 5.73. The van der Waals surface area contributed by atoms with Crippen LogP contribution in [-0.2, 0) is 4.74 Å². The summed E-state index contributed by atoms with van der Waals surface area (Å²) in [7, 11) is 0. The van der Waals surface area contributed by atoms with Crippen LogP contribution in [0, 0.1) is 0 Å². The first kappa shape index (κ1) is 9.53. The molecule has 0 radical (unpaired) electrons. The molecule has 0 aromatic rings. The van der Waals surface area contributed by atoms with Crippen molar-refractivity contribution >= 4 is 0 Å². The van der Waals surface area contributed by atoms with Gasteiger partial charge in [0.05, 0.1) is 12.2 Å². The highest BCUT2D eigenvalue weighted by Crippen LogP contribution is 2.32. The summed E-state index contributed by atoms with van der Waals surface area (Å²) in [5, 5.41) is 0. The van der Waals surface area contributed by atoms with Gasteiger partial charge in [-0.3, -0.25) is 0 Å². The monoisotopic (exact) mass is 166 g/mol. The van der Waals surface area contributed by atoms with Crippen LogP contribution in [0.15, 0.2) is 25.3 Å². The lowest BCUT2D eigenvalue weighted by molar-refractivity contribution is -0.0183. The summed E-state index contributed by atoms with van der Waals surface area (Å²) < 4.78 is 5.73. The van der Waals surface area contributed by atoms with Crippen LogP contribution < -0.4 is 0 Å². The molecule has 0 unspecified atom stereocenters. The molecule has 0 aromatic heterocycles. The van der Waals surface area contributed by atoms with Crippen molar-refractivity contribution in [3.05, 3.63) is 25.3 Å². The fraction of sp³-hybridized carbons (Fsp3) is 0.636. The van der Waals surface area contributed by atoms with Gasteiger partial charge in [-0.1, -0.05) is 31.4 Å². The van der Waals surface area contributed by atoms with E-state index in [0.717, 1.165) is 12.8 Å². The van der Waals surface area contributed by atoms with Gasteiger partial charge in [0.2, 0.25) is 0 Å². The van der Waals surface area contributed by atoms with Crippen molar-refractivity contribution in [2.45, 2.75) is 37.7 Å². The molecule has 0 N–H and O–H groups in total. The summed E-state index contributed by atoms with van der Waals surface area (Å²) in [4.78, 5) is 0. The van der Waals surface area contributed by atoms with Crippen LogP contribution in [0.5, 0.6) is 0 Å². The molecule has 1 aliphatic rings. The Morgan fingerprint density at radius 1 is 1.17 bits per heavy atom. The van der Waals surface area contributed by atoms with Gasteiger partial charge in [-0.2, -0.15) is 0 Å². The topological polar surface area (TPSA) is 9.23 Å². The van der Waals surface area contributed by atoms with E-state index in [1.54, 1.807) is 6.08 Å².